The number of benzene rings is 1. The fourth-order valence-corrected chi connectivity index (χ4v) is 1.28. The third kappa shape index (κ3) is 1.78. The Bertz CT molecular complexity index is 341. The van der Waals surface area contributed by atoms with E-state index in [2.05, 4.69) is 4.74 Å². The molecule has 0 aliphatic heterocycles. The van der Waals surface area contributed by atoms with Crippen LogP contribution in [0.1, 0.15) is 11.1 Å². The molecule has 0 amide bonds. The van der Waals surface area contributed by atoms with Crippen LogP contribution in [0.5, 0.6) is 11.5 Å². The Labute approximate surface area is 80.9 Å². The maximum Gasteiger partial charge on any atom is 0.196 e. The lowest BCUT2D eigenvalue weighted by Gasteiger charge is -2.11. The Kier molecular flexibility index (Phi) is 3.27. The number of nitrogens with one attached hydrogen (secondary N) is 1. The summed E-state index contributed by atoms with van der Waals surface area (Å²) < 4.78 is 17.8. The lowest BCUT2D eigenvalue weighted by molar-refractivity contribution is 0.159. The number of rotatable bonds is 3. The van der Waals surface area contributed by atoms with Gasteiger partial charge in [-0.05, 0) is 18.6 Å². The molecule has 3 N–H and O–H groups in total. The molecule has 78 valence electrons. The summed E-state index contributed by atoms with van der Waals surface area (Å²) in [6, 6.07) is 1.24. The van der Waals surface area contributed by atoms with Crippen molar-refractivity contribution in [2.75, 3.05) is 7.11 Å². The van der Waals surface area contributed by atoms with E-state index < -0.39 is 5.82 Å². The molecule has 0 radical (unpaired) electrons. The standard InChI is InChI=1S/C9H12FNO3/c1-5-3-7(10)9(14-2)8(12)6(5)4-11-13/h3,11-13H,4H2,1-2H3. The molecule has 0 saturated heterocycles. The summed E-state index contributed by atoms with van der Waals surface area (Å²) in [5.41, 5.74) is 2.85. The van der Waals surface area contributed by atoms with Crippen LogP contribution in [0.15, 0.2) is 6.07 Å². The summed E-state index contributed by atoms with van der Waals surface area (Å²) in [6.45, 7) is 1.67. The van der Waals surface area contributed by atoms with Gasteiger partial charge in [-0.25, -0.2) is 9.87 Å². The SMILES string of the molecule is COc1c(F)cc(C)c(CNO)c1O. The monoisotopic (exact) mass is 201 g/mol. The quantitative estimate of drug-likeness (QED) is 0.645. The van der Waals surface area contributed by atoms with Gasteiger partial charge >= 0.3 is 0 Å². The first-order valence-electron chi connectivity index (χ1n) is 4.03. The van der Waals surface area contributed by atoms with Gasteiger partial charge in [0.25, 0.3) is 0 Å². The van der Waals surface area contributed by atoms with Crippen LogP contribution in [0.4, 0.5) is 4.39 Å². The van der Waals surface area contributed by atoms with E-state index in [1.54, 1.807) is 6.92 Å². The number of hydrogen-bond donors (Lipinski definition) is 3. The fourth-order valence-electron chi connectivity index (χ4n) is 1.28. The molecular weight excluding hydrogens is 189 g/mol. The molecule has 0 spiro atoms. The molecule has 0 bridgehead atoms. The van der Waals surface area contributed by atoms with Gasteiger partial charge in [0, 0.05) is 12.1 Å². The summed E-state index contributed by atoms with van der Waals surface area (Å²) in [7, 11) is 1.27. The van der Waals surface area contributed by atoms with E-state index in [0.29, 0.717) is 11.1 Å². The van der Waals surface area contributed by atoms with Crippen LogP contribution in [0.25, 0.3) is 0 Å². The highest BCUT2D eigenvalue weighted by atomic mass is 19.1. The molecule has 1 aromatic carbocycles. The molecule has 0 heterocycles. The fraction of sp³-hybridized carbons (Fsp3) is 0.333. The lowest BCUT2D eigenvalue weighted by Crippen LogP contribution is -2.08. The van der Waals surface area contributed by atoms with Crippen LogP contribution >= 0.6 is 0 Å². The summed E-state index contributed by atoms with van der Waals surface area (Å²) in [5.74, 6) is -1.11. The molecular formula is C9H12FNO3. The number of phenols is 1. The van der Waals surface area contributed by atoms with E-state index in [-0.39, 0.29) is 18.0 Å². The van der Waals surface area contributed by atoms with Gasteiger partial charge in [0.15, 0.2) is 17.3 Å². The van der Waals surface area contributed by atoms with Crippen molar-refractivity contribution in [3.05, 3.63) is 23.0 Å². The second-order valence-electron chi connectivity index (χ2n) is 2.87. The highest BCUT2D eigenvalue weighted by Gasteiger charge is 2.15. The van der Waals surface area contributed by atoms with E-state index in [9.17, 15) is 9.50 Å². The average Bonchev–Trinajstić information content (AvgIpc) is 2.12. The number of hydroxylamine groups is 1. The van der Waals surface area contributed by atoms with Crippen LogP contribution in [-0.2, 0) is 6.54 Å². The predicted molar refractivity (Wildman–Crippen MR) is 48.0 cm³/mol. The zero-order chi connectivity index (χ0) is 10.7. The first-order chi connectivity index (χ1) is 6.61. The Balaban J connectivity index is 3.28. The number of ether oxygens (including phenoxy) is 1. The summed E-state index contributed by atoms with van der Waals surface area (Å²) in [4.78, 5) is 0. The molecule has 0 aliphatic carbocycles. The Hall–Kier alpha value is -1.33. The van der Waals surface area contributed by atoms with Gasteiger partial charge in [-0.3, -0.25) is 0 Å². The van der Waals surface area contributed by atoms with Crippen molar-refractivity contribution in [3.63, 3.8) is 0 Å². The van der Waals surface area contributed by atoms with E-state index in [4.69, 9.17) is 5.21 Å². The Morgan fingerprint density at radius 3 is 2.71 bits per heavy atom. The van der Waals surface area contributed by atoms with Crippen LogP contribution in [0.2, 0.25) is 0 Å². The highest BCUT2D eigenvalue weighted by Crippen LogP contribution is 2.34. The van der Waals surface area contributed by atoms with Gasteiger partial charge in [-0.15, -0.1) is 0 Å². The number of phenolic OH excluding ortho intramolecular Hbond substituents is 1. The number of aryl methyl sites for hydroxylation is 1. The number of aromatic hydroxyl groups is 1. The van der Waals surface area contributed by atoms with E-state index >= 15 is 0 Å². The molecule has 1 aromatic rings. The molecule has 4 nitrogen and oxygen atoms in total. The molecule has 0 saturated carbocycles. The van der Waals surface area contributed by atoms with Gasteiger partial charge < -0.3 is 15.1 Å². The molecule has 0 aromatic heterocycles. The van der Waals surface area contributed by atoms with Crippen molar-refractivity contribution >= 4 is 0 Å². The molecule has 1 rings (SSSR count). The van der Waals surface area contributed by atoms with Crippen LogP contribution in [-0.4, -0.2) is 17.4 Å². The second-order valence-corrected chi connectivity index (χ2v) is 2.87. The van der Waals surface area contributed by atoms with Crippen molar-refractivity contribution in [1.29, 1.82) is 0 Å². The molecule has 0 fully saturated rings. The summed E-state index contributed by atoms with van der Waals surface area (Å²) in [6.07, 6.45) is 0. The minimum absolute atomic E-state index is 0.0360. The lowest BCUT2D eigenvalue weighted by atomic mass is 10.1. The molecule has 14 heavy (non-hydrogen) atoms. The van der Waals surface area contributed by atoms with Crippen molar-refractivity contribution < 1.29 is 19.4 Å². The minimum atomic E-state index is -0.621. The Morgan fingerprint density at radius 1 is 1.57 bits per heavy atom. The smallest absolute Gasteiger partial charge is 0.196 e. The first kappa shape index (κ1) is 10.7. The number of methoxy groups -OCH3 is 1. The van der Waals surface area contributed by atoms with Gasteiger partial charge in [0.2, 0.25) is 0 Å². The molecule has 0 atom stereocenters. The van der Waals surface area contributed by atoms with Gasteiger partial charge in [-0.1, -0.05) is 0 Å². The van der Waals surface area contributed by atoms with Crippen LogP contribution in [0.3, 0.4) is 0 Å². The van der Waals surface area contributed by atoms with Crippen molar-refractivity contribution in [2.45, 2.75) is 13.5 Å². The normalized spacial score (nSPS) is 10.3. The number of hydrogen-bond acceptors (Lipinski definition) is 4. The minimum Gasteiger partial charge on any atom is -0.504 e. The van der Waals surface area contributed by atoms with Gasteiger partial charge in [0.1, 0.15) is 0 Å². The van der Waals surface area contributed by atoms with Gasteiger partial charge in [0.05, 0.1) is 7.11 Å². The highest BCUT2D eigenvalue weighted by molar-refractivity contribution is 5.50. The third-order valence-electron chi connectivity index (χ3n) is 2.00. The largest absolute Gasteiger partial charge is 0.504 e. The van der Waals surface area contributed by atoms with Gasteiger partial charge in [-0.2, -0.15) is 0 Å². The van der Waals surface area contributed by atoms with Crippen LogP contribution in [0, 0.1) is 12.7 Å². The summed E-state index contributed by atoms with van der Waals surface area (Å²) in [5, 5.41) is 18.1. The Morgan fingerprint density at radius 2 is 2.21 bits per heavy atom. The van der Waals surface area contributed by atoms with Crippen molar-refractivity contribution in [1.82, 2.24) is 5.48 Å². The van der Waals surface area contributed by atoms with E-state index in [0.717, 1.165) is 0 Å². The maximum atomic E-state index is 13.2. The maximum absolute atomic E-state index is 13.2. The first-order valence-corrected chi connectivity index (χ1v) is 4.03. The molecule has 5 heteroatoms. The zero-order valence-corrected chi connectivity index (χ0v) is 7.97. The summed E-state index contributed by atoms with van der Waals surface area (Å²) >= 11 is 0. The van der Waals surface area contributed by atoms with Crippen LogP contribution < -0.4 is 10.2 Å². The van der Waals surface area contributed by atoms with Crippen molar-refractivity contribution in [3.8, 4) is 11.5 Å². The topological polar surface area (TPSA) is 61.7 Å². The molecule has 0 aliphatic rings. The molecule has 0 unspecified atom stereocenters. The van der Waals surface area contributed by atoms with Crippen molar-refractivity contribution in [2.24, 2.45) is 0 Å². The number of halogens is 1. The second kappa shape index (κ2) is 4.26. The van der Waals surface area contributed by atoms with E-state index in [1.807, 2.05) is 5.48 Å². The zero-order valence-electron chi connectivity index (χ0n) is 7.97. The van der Waals surface area contributed by atoms with E-state index in [1.165, 1.54) is 13.2 Å². The average molecular weight is 201 g/mol. The third-order valence-corrected chi connectivity index (χ3v) is 2.00. The predicted octanol–water partition coefficient (Wildman–Crippen LogP) is 1.33.